The molecule has 2 heterocycles. The van der Waals surface area contributed by atoms with Crippen LogP contribution < -0.4 is 9.64 Å². The van der Waals surface area contributed by atoms with Crippen LogP contribution in [0.25, 0.3) is 5.76 Å². The first-order valence-electron chi connectivity index (χ1n) is 11.5. The van der Waals surface area contributed by atoms with Gasteiger partial charge in [0.1, 0.15) is 23.9 Å². The molecule has 2 fully saturated rings. The van der Waals surface area contributed by atoms with Gasteiger partial charge in [-0.3, -0.25) is 9.59 Å². The van der Waals surface area contributed by atoms with Gasteiger partial charge in [0.05, 0.1) is 23.8 Å². The third-order valence-electron chi connectivity index (χ3n) is 6.96. The van der Waals surface area contributed by atoms with E-state index in [1.54, 1.807) is 35.2 Å². The SMILES string of the molecule is CN1CCOc2ccc(/C(O)=C3/C(=O)C(=O)N(C4CCCCC4)C3c3ccc(F)cc3)cc21. The Kier molecular flexibility index (Phi) is 5.56. The number of carbonyl (C=O) groups excluding carboxylic acids is 2. The maximum atomic E-state index is 13.7. The number of likely N-dealkylation sites (N-methyl/N-ethyl adjacent to an activating group) is 1. The molecule has 1 saturated heterocycles. The Morgan fingerprint density at radius 3 is 2.52 bits per heavy atom. The molecular formula is C26H27FN2O4. The molecule has 0 aromatic heterocycles. The second-order valence-corrected chi connectivity index (χ2v) is 9.00. The van der Waals surface area contributed by atoms with Crippen LogP contribution in [-0.4, -0.2) is 47.9 Å². The molecule has 3 aliphatic rings. The Morgan fingerprint density at radius 2 is 1.79 bits per heavy atom. The van der Waals surface area contributed by atoms with E-state index in [1.807, 2.05) is 11.9 Å². The topological polar surface area (TPSA) is 70.1 Å². The summed E-state index contributed by atoms with van der Waals surface area (Å²) in [6, 6.07) is 10.2. The number of rotatable bonds is 3. The van der Waals surface area contributed by atoms with Crippen LogP contribution in [0.15, 0.2) is 48.0 Å². The summed E-state index contributed by atoms with van der Waals surface area (Å²) in [7, 11) is 1.94. The van der Waals surface area contributed by atoms with Crippen LogP contribution in [-0.2, 0) is 9.59 Å². The smallest absolute Gasteiger partial charge is 0.295 e. The van der Waals surface area contributed by atoms with Gasteiger partial charge >= 0.3 is 0 Å². The Labute approximate surface area is 192 Å². The summed E-state index contributed by atoms with van der Waals surface area (Å²) in [4.78, 5) is 30.1. The number of carbonyl (C=O) groups is 2. The number of hydrogen-bond acceptors (Lipinski definition) is 5. The standard InChI is InChI=1S/C26H27FN2O4/c1-28-13-14-33-21-12-9-17(15-20(21)28)24(30)22-23(16-7-10-18(27)11-8-16)29(26(32)25(22)31)19-5-3-2-4-6-19/h7-12,15,19,23,30H,2-6,13-14H2,1H3/b24-22-. The van der Waals surface area contributed by atoms with E-state index in [0.717, 1.165) is 37.8 Å². The molecule has 6 nitrogen and oxygen atoms in total. The van der Waals surface area contributed by atoms with Crippen LogP contribution in [0.3, 0.4) is 0 Å². The van der Waals surface area contributed by atoms with Gasteiger partial charge in [0.15, 0.2) is 0 Å². The van der Waals surface area contributed by atoms with Crippen molar-refractivity contribution in [2.45, 2.75) is 44.2 Å². The van der Waals surface area contributed by atoms with Gasteiger partial charge in [0.2, 0.25) is 0 Å². The number of amides is 1. The second kappa shape index (κ2) is 8.54. The quantitative estimate of drug-likeness (QED) is 0.426. The first kappa shape index (κ1) is 21.5. The summed E-state index contributed by atoms with van der Waals surface area (Å²) in [6.07, 6.45) is 4.70. The summed E-state index contributed by atoms with van der Waals surface area (Å²) in [6.45, 7) is 1.28. The lowest BCUT2D eigenvalue weighted by Crippen LogP contribution is -2.40. The Balaban J connectivity index is 1.64. The van der Waals surface area contributed by atoms with Crippen molar-refractivity contribution in [3.63, 3.8) is 0 Å². The lowest BCUT2D eigenvalue weighted by atomic mass is 9.91. The molecule has 2 aromatic carbocycles. The Morgan fingerprint density at radius 1 is 1.06 bits per heavy atom. The van der Waals surface area contributed by atoms with E-state index >= 15 is 0 Å². The molecule has 5 rings (SSSR count). The molecule has 2 aliphatic heterocycles. The molecular weight excluding hydrogens is 423 g/mol. The molecule has 2 aromatic rings. The average Bonchev–Trinajstić information content (AvgIpc) is 3.10. The minimum Gasteiger partial charge on any atom is -0.507 e. The highest BCUT2D eigenvalue weighted by Gasteiger charge is 2.48. The van der Waals surface area contributed by atoms with Crippen LogP contribution in [0.5, 0.6) is 5.75 Å². The molecule has 1 unspecified atom stereocenters. The van der Waals surface area contributed by atoms with Gasteiger partial charge in [-0.2, -0.15) is 0 Å². The van der Waals surface area contributed by atoms with Crippen LogP contribution in [0, 0.1) is 5.82 Å². The van der Waals surface area contributed by atoms with Crippen molar-refractivity contribution in [3.8, 4) is 5.75 Å². The lowest BCUT2D eigenvalue weighted by molar-refractivity contribution is -0.141. The van der Waals surface area contributed by atoms with E-state index in [4.69, 9.17) is 4.74 Å². The number of ether oxygens (including phenoxy) is 1. The zero-order chi connectivity index (χ0) is 23.1. The van der Waals surface area contributed by atoms with Crippen LogP contribution in [0.1, 0.15) is 49.3 Å². The molecule has 0 spiro atoms. The number of hydrogen-bond donors (Lipinski definition) is 1. The number of aliphatic hydroxyl groups excluding tert-OH is 1. The maximum Gasteiger partial charge on any atom is 0.295 e. The van der Waals surface area contributed by atoms with Crippen molar-refractivity contribution in [2.75, 3.05) is 25.1 Å². The number of nitrogens with zero attached hydrogens (tertiary/aromatic N) is 2. The van der Waals surface area contributed by atoms with E-state index in [-0.39, 0.29) is 17.4 Å². The van der Waals surface area contributed by atoms with Gasteiger partial charge in [-0.25, -0.2) is 4.39 Å². The molecule has 1 amide bonds. The molecule has 1 atom stereocenters. The lowest BCUT2D eigenvalue weighted by Gasteiger charge is -2.35. The fourth-order valence-electron chi connectivity index (χ4n) is 5.21. The largest absolute Gasteiger partial charge is 0.507 e. The minimum atomic E-state index is -0.751. The Bertz CT molecular complexity index is 1120. The van der Waals surface area contributed by atoms with Gasteiger partial charge in [-0.15, -0.1) is 0 Å². The zero-order valence-electron chi connectivity index (χ0n) is 18.6. The predicted octanol–water partition coefficient (Wildman–Crippen LogP) is 4.41. The fraction of sp³-hybridized carbons (Fsp3) is 0.385. The predicted molar refractivity (Wildman–Crippen MR) is 123 cm³/mol. The molecule has 1 saturated carbocycles. The highest BCUT2D eigenvalue weighted by atomic mass is 19.1. The van der Waals surface area contributed by atoms with Gasteiger partial charge in [-0.1, -0.05) is 31.4 Å². The Hall–Kier alpha value is -3.35. The van der Waals surface area contributed by atoms with E-state index in [0.29, 0.717) is 30.0 Å². The summed E-state index contributed by atoms with van der Waals surface area (Å²) in [5, 5.41) is 11.3. The summed E-state index contributed by atoms with van der Waals surface area (Å²) in [5.41, 5.74) is 1.92. The van der Waals surface area contributed by atoms with Crippen LogP contribution >= 0.6 is 0 Å². The number of benzene rings is 2. The third-order valence-corrected chi connectivity index (χ3v) is 6.96. The van der Waals surface area contributed by atoms with Crippen LogP contribution in [0.2, 0.25) is 0 Å². The summed E-state index contributed by atoms with van der Waals surface area (Å²) >= 11 is 0. The number of ketones is 1. The number of halogens is 1. The van der Waals surface area contributed by atoms with E-state index < -0.39 is 23.5 Å². The van der Waals surface area contributed by atoms with Crippen molar-refractivity contribution in [2.24, 2.45) is 0 Å². The summed E-state index contributed by atoms with van der Waals surface area (Å²) in [5.74, 6) is -1.21. The highest BCUT2D eigenvalue weighted by Crippen LogP contribution is 2.44. The first-order valence-corrected chi connectivity index (χ1v) is 11.5. The van der Waals surface area contributed by atoms with Gasteiger partial charge < -0.3 is 19.6 Å². The van der Waals surface area contributed by atoms with Crippen molar-refractivity contribution in [3.05, 3.63) is 65.0 Å². The van der Waals surface area contributed by atoms with Crippen molar-refractivity contribution in [1.82, 2.24) is 4.90 Å². The third kappa shape index (κ3) is 3.75. The van der Waals surface area contributed by atoms with Crippen molar-refractivity contribution < 1.29 is 23.8 Å². The number of Topliss-reactive ketones (excluding diaryl/α,β-unsaturated/α-hetero) is 1. The number of likely N-dealkylation sites (tertiary alicyclic amines) is 1. The first-order chi connectivity index (χ1) is 16.0. The normalized spacial score (nSPS) is 22.9. The maximum absolute atomic E-state index is 13.7. The van der Waals surface area contributed by atoms with E-state index in [1.165, 1.54) is 12.1 Å². The van der Waals surface area contributed by atoms with E-state index in [2.05, 4.69) is 0 Å². The number of aliphatic hydroxyl groups is 1. The molecule has 0 radical (unpaired) electrons. The fourth-order valence-corrected chi connectivity index (χ4v) is 5.21. The van der Waals surface area contributed by atoms with Gasteiger partial charge in [0.25, 0.3) is 11.7 Å². The molecule has 1 N–H and O–H groups in total. The number of anilines is 1. The van der Waals surface area contributed by atoms with Gasteiger partial charge in [0, 0.05) is 18.7 Å². The van der Waals surface area contributed by atoms with Crippen molar-refractivity contribution in [1.29, 1.82) is 0 Å². The van der Waals surface area contributed by atoms with Crippen LogP contribution in [0.4, 0.5) is 10.1 Å². The number of fused-ring (bicyclic) bond motifs is 1. The molecule has 172 valence electrons. The summed E-state index contributed by atoms with van der Waals surface area (Å²) < 4.78 is 19.4. The molecule has 7 heteroatoms. The minimum absolute atomic E-state index is 0.0523. The molecule has 1 aliphatic carbocycles. The molecule has 33 heavy (non-hydrogen) atoms. The average molecular weight is 451 g/mol. The van der Waals surface area contributed by atoms with E-state index in [9.17, 15) is 19.1 Å². The van der Waals surface area contributed by atoms with Crippen molar-refractivity contribution >= 4 is 23.1 Å². The highest BCUT2D eigenvalue weighted by molar-refractivity contribution is 6.46. The zero-order valence-corrected chi connectivity index (χ0v) is 18.6. The monoisotopic (exact) mass is 450 g/mol. The van der Waals surface area contributed by atoms with Gasteiger partial charge in [-0.05, 0) is 48.7 Å². The molecule has 0 bridgehead atoms. The second-order valence-electron chi connectivity index (χ2n) is 9.00.